The lowest BCUT2D eigenvalue weighted by Gasteiger charge is -2.20. The smallest absolute Gasteiger partial charge is 0.313 e. The SMILES string of the molecule is CC(C)N1CC[C@H](NC(=O)C(=O)Nc2ccc3c(c2)OCCCO3)C1. The van der Waals surface area contributed by atoms with Crippen molar-refractivity contribution in [3.8, 4) is 11.5 Å². The van der Waals surface area contributed by atoms with Gasteiger partial charge in [0.1, 0.15) is 0 Å². The van der Waals surface area contributed by atoms with Crippen LogP contribution in [0.2, 0.25) is 0 Å². The van der Waals surface area contributed by atoms with Gasteiger partial charge in [-0.25, -0.2) is 0 Å². The van der Waals surface area contributed by atoms with E-state index in [0.717, 1.165) is 25.9 Å². The molecule has 0 unspecified atom stereocenters. The summed E-state index contributed by atoms with van der Waals surface area (Å²) in [4.78, 5) is 26.6. The average molecular weight is 347 g/mol. The average Bonchev–Trinajstić information content (AvgIpc) is 2.92. The molecule has 1 saturated heterocycles. The van der Waals surface area contributed by atoms with E-state index in [2.05, 4.69) is 29.4 Å². The summed E-state index contributed by atoms with van der Waals surface area (Å²) < 4.78 is 11.1. The molecule has 0 bridgehead atoms. The molecule has 136 valence electrons. The number of anilines is 1. The molecule has 3 rings (SSSR count). The number of fused-ring (bicyclic) bond motifs is 1. The maximum Gasteiger partial charge on any atom is 0.313 e. The maximum atomic E-state index is 12.1. The number of hydrogen-bond acceptors (Lipinski definition) is 5. The second kappa shape index (κ2) is 7.74. The number of hydrogen-bond donors (Lipinski definition) is 2. The summed E-state index contributed by atoms with van der Waals surface area (Å²) in [6.45, 7) is 7.14. The number of rotatable bonds is 3. The molecule has 2 aliphatic rings. The van der Waals surface area contributed by atoms with Crippen LogP contribution in [0.1, 0.15) is 26.7 Å². The van der Waals surface area contributed by atoms with Gasteiger partial charge in [-0.15, -0.1) is 0 Å². The molecule has 7 heteroatoms. The first kappa shape index (κ1) is 17.5. The van der Waals surface area contributed by atoms with E-state index in [9.17, 15) is 9.59 Å². The van der Waals surface area contributed by atoms with Gasteiger partial charge in [-0.3, -0.25) is 14.5 Å². The number of carbonyl (C=O) groups is 2. The van der Waals surface area contributed by atoms with E-state index in [-0.39, 0.29) is 6.04 Å². The van der Waals surface area contributed by atoms with Crippen molar-refractivity contribution < 1.29 is 19.1 Å². The third-order valence-electron chi connectivity index (χ3n) is 4.50. The number of carbonyl (C=O) groups excluding carboxylic acids is 2. The molecule has 1 aromatic carbocycles. The second-order valence-electron chi connectivity index (χ2n) is 6.71. The fourth-order valence-electron chi connectivity index (χ4n) is 3.05. The largest absolute Gasteiger partial charge is 0.490 e. The van der Waals surface area contributed by atoms with E-state index in [0.29, 0.717) is 36.4 Å². The highest BCUT2D eigenvalue weighted by Crippen LogP contribution is 2.32. The molecular weight excluding hydrogens is 322 g/mol. The third kappa shape index (κ3) is 4.42. The summed E-state index contributed by atoms with van der Waals surface area (Å²) >= 11 is 0. The quantitative estimate of drug-likeness (QED) is 0.808. The lowest BCUT2D eigenvalue weighted by atomic mass is 10.2. The minimum absolute atomic E-state index is 0.0180. The Morgan fingerprint density at radius 1 is 1.16 bits per heavy atom. The van der Waals surface area contributed by atoms with Crippen molar-refractivity contribution in [2.75, 3.05) is 31.6 Å². The standard InChI is InChI=1S/C18H25N3O4/c1-12(2)21-7-6-14(11-21)20-18(23)17(22)19-13-4-5-15-16(10-13)25-9-3-8-24-15/h4-5,10,12,14H,3,6-9,11H2,1-2H3,(H,19,22)(H,20,23)/t14-/m0/s1. The Morgan fingerprint density at radius 2 is 1.92 bits per heavy atom. The van der Waals surface area contributed by atoms with Crippen LogP contribution in [0, 0.1) is 0 Å². The van der Waals surface area contributed by atoms with E-state index in [4.69, 9.17) is 9.47 Å². The summed E-state index contributed by atoms with van der Waals surface area (Å²) in [6, 6.07) is 5.59. The van der Waals surface area contributed by atoms with Crippen LogP contribution < -0.4 is 20.1 Å². The maximum absolute atomic E-state index is 12.1. The topological polar surface area (TPSA) is 79.9 Å². The first-order valence-corrected chi connectivity index (χ1v) is 8.78. The van der Waals surface area contributed by atoms with Gasteiger partial charge in [0.2, 0.25) is 0 Å². The van der Waals surface area contributed by atoms with Gasteiger partial charge in [-0.2, -0.15) is 0 Å². The summed E-state index contributed by atoms with van der Waals surface area (Å²) in [5.74, 6) is -0.0426. The van der Waals surface area contributed by atoms with Crippen LogP contribution in [-0.2, 0) is 9.59 Å². The van der Waals surface area contributed by atoms with E-state index in [1.54, 1.807) is 18.2 Å². The van der Waals surface area contributed by atoms with E-state index < -0.39 is 11.8 Å². The predicted octanol–water partition coefficient (Wildman–Crippen LogP) is 1.39. The normalized spacial score (nSPS) is 20.2. The minimum Gasteiger partial charge on any atom is -0.490 e. The summed E-state index contributed by atoms with van der Waals surface area (Å²) in [6.07, 6.45) is 1.68. The zero-order chi connectivity index (χ0) is 17.8. The molecule has 2 aliphatic heterocycles. The molecule has 1 aromatic rings. The van der Waals surface area contributed by atoms with Crippen molar-refractivity contribution in [1.82, 2.24) is 10.2 Å². The lowest BCUT2D eigenvalue weighted by Crippen LogP contribution is -2.43. The van der Waals surface area contributed by atoms with E-state index in [1.165, 1.54) is 0 Å². The van der Waals surface area contributed by atoms with Crippen LogP contribution in [0.5, 0.6) is 11.5 Å². The first-order chi connectivity index (χ1) is 12.0. The Morgan fingerprint density at radius 3 is 2.64 bits per heavy atom. The number of ether oxygens (including phenoxy) is 2. The Labute approximate surface area is 147 Å². The van der Waals surface area contributed by atoms with Gasteiger partial charge in [-0.1, -0.05) is 0 Å². The van der Waals surface area contributed by atoms with Gasteiger partial charge >= 0.3 is 11.8 Å². The first-order valence-electron chi connectivity index (χ1n) is 8.78. The molecule has 7 nitrogen and oxygen atoms in total. The highest BCUT2D eigenvalue weighted by molar-refractivity contribution is 6.39. The van der Waals surface area contributed by atoms with Crippen molar-refractivity contribution in [2.45, 2.75) is 38.8 Å². The molecule has 2 heterocycles. The Hall–Kier alpha value is -2.28. The summed E-state index contributed by atoms with van der Waals surface area (Å²) in [5.41, 5.74) is 0.514. The molecule has 1 fully saturated rings. The molecule has 0 saturated carbocycles. The van der Waals surface area contributed by atoms with Crippen molar-refractivity contribution in [3.05, 3.63) is 18.2 Å². The van der Waals surface area contributed by atoms with Crippen molar-refractivity contribution >= 4 is 17.5 Å². The molecule has 0 aromatic heterocycles. The van der Waals surface area contributed by atoms with Gasteiger partial charge in [0.15, 0.2) is 11.5 Å². The number of likely N-dealkylation sites (tertiary alicyclic amines) is 1. The van der Waals surface area contributed by atoms with Crippen LogP contribution >= 0.6 is 0 Å². The Balaban J connectivity index is 1.55. The zero-order valence-corrected chi connectivity index (χ0v) is 14.7. The second-order valence-corrected chi connectivity index (χ2v) is 6.71. The number of benzene rings is 1. The lowest BCUT2D eigenvalue weighted by molar-refractivity contribution is -0.136. The van der Waals surface area contributed by atoms with Crippen molar-refractivity contribution in [1.29, 1.82) is 0 Å². The molecule has 2 N–H and O–H groups in total. The highest BCUT2D eigenvalue weighted by Gasteiger charge is 2.27. The van der Waals surface area contributed by atoms with E-state index in [1.807, 2.05) is 0 Å². The molecule has 0 aliphatic carbocycles. The van der Waals surface area contributed by atoms with Crippen LogP contribution in [0.4, 0.5) is 5.69 Å². The van der Waals surface area contributed by atoms with Crippen molar-refractivity contribution in [2.24, 2.45) is 0 Å². The highest BCUT2D eigenvalue weighted by atomic mass is 16.5. The fraction of sp³-hybridized carbons (Fsp3) is 0.556. The molecule has 2 amide bonds. The summed E-state index contributed by atoms with van der Waals surface area (Å²) in [7, 11) is 0. The van der Waals surface area contributed by atoms with Crippen molar-refractivity contribution in [3.63, 3.8) is 0 Å². The Bertz CT molecular complexity index is 647. The van der Waals surface area contributed by atoms with Crippen LogP contribution in [0.3, 0.4) is 0 Å². The fourth-order valence-corrected chi connectivity index (χ4v) is 3.05. The van der Waals surface area contributed by atoms with Crippen LogP contribution in [-0.4, -0.2) is 55.1 Å². The number of nitrogens with one attached hydrogen (secondary N) is 2. The van der Waals surface area contributed by atoms with Gasteiger partial charge in [-0.05, 0) is 32.4 Å². The summed E-state index contributed by atoms with van der Waals surface area (Å²) in [5, 5.41) is 5.43. The zero-order valence-electron chi connectivity index (χ0n) is 14.7. The minimum atomic E-state index is -0.669. The Kier molecular flexibility index (Phi) is 5.43. The molecule has 25 heavy (non-hydrogen) atoms. The van der Waals surface area contributed by atoms with Gasteiger partial charge < -0.3 is 20.1 Å². The van der Waals surface area contributed by atoms with E-state index >= 15 is 0 Å². The van der Waals surface area contributed by atoms with Gasteiger partial charge in [0.25, 0.3) is 0 Å². The molecule has 1 atom stereocenters. The molecular formula is C18H25N3O4. The monoisotopic (exact) mass is 347 g/mol. The molecule has 0 spiro atoms. The number of nitrogens with zero attached hydrogens (tertiary/aromatic N) is 1. The van der Waals surface area contributed by atoms with Crippen LogP contribution in [0.25, 0.3) is 0 Å². The van der Waals surface area contributed by atoms with Crippen LogP contribution in [0.15, 0.2) is 18.2 Å². The molecule has 0 radical (unpaired) electrons. The third-order valence-corrected chi connectivity index (χ3v) is 4.50. The van der Waals surface area contributed by atoms with Gasteiger partial charge in [0.05, 0.1) is 13.2 Å². The number of amides is 2. The predicted molar refractivity (Wildman–Crippen MR) is 93.9 cm³/mol. The van der Waals surface area contributed by atoms with Gasteiger partial charge in [0, 0.05) is 43.3 Å².